The molecule has 0 bridgehead atoms. The van der Waals surface area contributed by atoms with Crippen molar-refractivity contribution in [1.82, 2.24) is 46.9 Å². The van der Waals surface area contributed by atoms with Crippen LogP contribution in [0.1, 0.15) is 46.9 Å². The first kappa shape index (κ1) is 50.1. The predicted octanol–water partition coefficient (Wildman–Crippen LogP) is -0.286. The minimum atomic E-state index is -1.44. The average Bonchev–Trinajstić information content (AvgIpc) is 4.00. The number of para-hydroxylation sites is 1. The molecule has 1 aliphatic rings. The summed E-state index contributed by atoms with van der Waals surface area (Å²) in [5.41, 5.74) is 18.5. The van der Waals surface area contributed by atoms with Gasteiger partial charge in [-0.2, -0.15) is 0 Å². The second-order valence-corrected chi connectivity index (χ2v) is 17.2. The lowest BCUT2D eigenvalue weighted by atomic mass is 10.0. The van der Waals surface area contributed by atoms with E-state index in [4.69, 9.17) is 17.2 Å². The van der Waals surface area contributed by atoms with Gasteiger partial charge in [0.25, 0.3) is 11.6 Å². The van der Waals surface area contributed by atoms with Crippen LogP contribution in [0.25, 0.3) is 10.9 Å². The van der Waals surface area contributed by atoms with Crippen molar-refractivity contribution in [1.29, 1.82) is 0 Å². The van der Waals surface area contributed by atoms with E-state index in [1.165, 1.54) is 25.5 Å². The number of fused-ring (bicyclic) bond motifs is 2. The predicted molar refractivity (Wildman–Crippen MR) is 254 cm³/mol. The number of non-ortho nitro benzene ring substituents is 1. The quantitative estimate of drug-likeness (QED) is 0.0252. The normalized spacial score (nSPS) is 21.1. The Labute approximate surface area is 398 Å². The van der Waals surface area contributed by atoms with Crippen LogP contribution in [0.5, 0.6) is 0 Å². The number of hydrogen-bond donors (Lipinski definition) is 11. The number of carbonyl (C=O) groups is 7. The Morgan fingerprint density at radius 1 is 0.768 bits per heavy atom. The lowest BCUT2D eigenvalue weighted by molar-refractivity contribution is -0.384. The molecular formula is C45H52N14O9S. The minimum absolute atomic E-state index is 0.0584. The molecule has 23 nitrogen and oxygen atoms in total. The lowest BCUT2D eigenvalue weighted by Gasteiger charge is -2.27. The number of H-pyrrole nitrogens is 2. The van der Waals surface area contributed by atoms with E-state index in [-0.39, 0.29) is 60.8 Å². The zero-order chi connectivity index (χ0) is 49.6. The number of nitro groups is 1. The summed E-state index contributed by atoms with van der Waals surface area (Å²) in [6.07, 6.45) is 4.19. The van der Waals surface area contributed by atoms with Gasteiger partial charge in [0, 0.05) is 77.6 Å². The summed E-state index contributed by atoms with van der Waals surface area (Å²) in [5, 5.41) is 28.7. The highest BCUT2D eigenvalue weighted by atomic mass is 32.2. The number of carbonyl (C=O) groups excluding carboxylic acids is 7. The molecule has 69 heavy (non-hydrogen) atoms. The standard InChI is InChI=1S/C45H52N14O9S/c1-24-39(61)58-36(38(46)60)22-69-37-14-13-28(59(67)68)19-30(37)40(62)55-35(18-27-21-49-23-52-27)44(66)56-33(16-25-8-3-2-4-9-25)43(65)54-32(12-7-15-50-45(47)48)41(63)57-34(42(64)53-24)17-26-20-51-31-11-6-5-10-29(26)31/h2-6,8-11,13-14,19-21,23-24,32-36,51H,7,12,15-18,22H2,1H3,(H2,46,60)(H,49,52)(H,53,64)(H,54,65)(H,55,62)(H,56,66)(H,57,63)(H,58,61)(H4,47,48,50)/t24-,32-,33+,34-,35-,36-/m0/s1. The molecule has 0 spiro atoms. The van der Waals surface area contributed by atoms with E-state index in [2.05, 4.69) is 51.8 Å². The van der Waals surface area contributed by atoms with Crippen molar-refractivity contribution < 1.29 is 38.5 Å². The number of nitrogens with zero attached hydrogens (tertiary/aromatic N) is 3. The van der Waals surface area contributed by atoms with E-state index in [1.54, 1.807) is 42.6 Å². The third-order valence-corrected chi connectivity index (χ3v) is 12.2. The van der Waals surface area contributed by atoms with Crippen molar-refractivity contribution in [3.8, 4) is 0 Å². The Balaban J connectivity index is 1.42. The minimum Gasteiger partial charge on any atom is -0.370 e. The molecule has 0 saturated heterocycles. The first-order chi connectivity index (χ1) is 33.1. The topological polar surface area (TPSA) is 370 Å². The fraction of sp³-hybridized carbons (Fsp3) is 0.311. The van der Waals surface area contributed by atoms with Gasteiger partial charge < -0.3 is 59.1 Å². The van der Waals surface area contributed by atoms with Gasteiger partial charge in [-0.1, -0.05) is 48.5 Å². The average molecular weight is 965 g/mol. The van der Waals surface area contributed by atoms with Crippen LogP contribution in [0.4, 0.5) is 5.69 Å². The van der Waals surface area contributed by atoms with E-state index < -0.39 is 88.2 Å². The number of aromatic nitrogens is 3. The highest BCUT2D eigenvalue weighted by molar-refractivity contribution is 7.99. The number of imidazole rings is 1. The summed E-state index contributed by atoms with van der Waals surface area (Å²) in [6.45, 7) is 1.41. The molecule has 3 aromatic carbocycles. The third-order valence-electron chi connectivity index (χ3n) is 11.1. The van der Waals surface area contributed by atoms with Gasteiger partial charge in [-0.15, -0.1) is 11.8 Å². The number of guanidine groups is 1. The summed E-state index contributed by atoms with van der Waals surface area (Å²) in [7, 11) is 0. The first-order valence-electron chi connectivity index (χ1n) is 21.7. The number of nitrogens with two attached hydrogens (primary N) is 3. The van der Waals surface area contributed by atoms with Crippen molar-refractivity contribution in [3.63, 3.8) is 0 Å². The Morgan fingerprint density at radius 3 is 2.10 bits per heavy atom. The Hall–Kier alpha value is -8.28. The van der Waals surface area contributed by atoms with Crippen molar-refractivity contribution in [2.24, 2.45) is 22.2 Å². The van der Waals surface area contributed by atoms with E-state index in [1.807, 2.05) is 18.2 Å². The maximum atomic E-state index is 14.6. The number of nitrogens with one attached hydrogen (secondary N) is 8. The molecule has 0 unspecified atom stereocenters. The van der Waals surface area contributed by atoms with E-state index in [0.29, 0.717) is 16.8 Å². The van der Waals surface area contributed by atoms with Gasteiger partial charge in [-0.3, -0.25) is 48.7 Å². The zero-order valence-electron chi connectivity index (χ0n) is 37.2. The summed E-state index contributed by atoms with van der Waals surface area (Å²) in [4.78, 5) is 124. The number of thioether (sulfide) groups is 1. The fourth-order valence-corrected chi connectivity index (χ4v) is 8.48. The highest BCUT2D eigenvalue weighted by Gasteiger charge is 2.34. The smallest absolute Gasteiger partial charge is 0.270 e. The second-order valence-electron chi connectivity index (χ2n) is 16.1. The van der Waals surface area contributed by atoms with Crippen LogP contribution >= 0.6 is 11.8 Å². The van der Waals surface area contributed by atoms with Gasteiger partial charge in [0.1, 0.15) is 36.3 Å². The van der Waals surface area contributed by atoms with Gasteiger partial charge in [0.15, 0.2) is 5.96 Å². The molecule has 0 saturated carbocycles. The van der Waals surface area contributed by atoms with Crippen LogP contribution in [0.15, 0.2) is 101 Å². The van der Waals surface area contributed by atoms with Gasteiger partial charge in [0.2, 0.25) is 35.4 Å². The van der Waals surface area contributed by atoms with Crippen LogP contribution in [-0.2, 0) is 48.0 Å². The Morgan fingerprint density at radius 2 is 1.42 bits per heavy atom. The third kappa shape index (κ3) is 13.9. The van der Waals surface area contributed by atoms with Crippen LogP contribution in [0.2, 0.25) is 0 Å². The molecular weight excluding hydrogens is 913 g/mol. The molecule has 3 heterocycles. The molecule has 7 amide bonds. The number of aliphatic imine (C=N–C) groups is 1. The molecule has 24 heteroatoms. The summed E-state index contributed by atoms with van der Waals surface area (Å²) >= 11 is 0.861. The molecule has 0 radical (unpaired) electrons. The van der Waals surface area contributed by atoms with Gasteiger partial charge in [0.05, 0.1) is 16.8 Å². The molecule has 6 atom stereocenters. The monoisotopic (exact) mass is 964 g/mol. The molecule has 5 aromatic rings. The molecule has 0 aliphatic carbocycles. The van der Waals surface area contributed by atoms with Crippen molar-refractivity contribution >= 4 is 75.7 Å². The number of primary amides is 1. The summed E-state index contributed by atoms with van der Waals surface area (Å²) < 4.78 is 0. The maximum Gasteiger partial charge on any atom is 0.270 e. The van der Waals surface area contributed by atoms with Gasteiger partial charge in [-0.25, -0.2) is 4.98 Å². The first-order valence-corrected chi connectivity index (χ1v) is 22.7. The van der Waals surface area contributed by atoms with Crippen LogP contribution in [0.3, 0.4) is 0 Å². The number of rotatable bonds is 12. The van der Waals surface area contributed by atoms with Crippen LogP contribution < -0.4 is 49.1 Å². The number of benzene rings is 3. The number of amides is 7. The molecule has 362 valence electrons. The molecule has 0 fully saturated rings. The summed E-state index contributed by atoms with van der Waals surface area (Å²) in [5.74, 6) is -6.51. The zero-order valence-corrected chi connectivity index (χ0v) is 38.0. The Bertz CT molecular complexity index is 2710. The molecule has 6 rings (SSSR count). The Kier molecular flexibility index (Phi) is 17.0. The number of aromatic amines is 2. The van der Waals surface area contributed by atoms with Crippen LogP contribution in [-0.4, -0.2) is 116 Å². The SMILES string of the molecule is C[C@@H]1NC(=O)[C@H](Cc2c[nH]c3ccccc23)NC(=O)[C@H](CCCN=C(N)N)NC(=O)[C@@H](Cc2ccccc2)NC(=O)[C@H](Cc2cnc[nH]2)NC(=O)c2cc([N+](=O)[O-])ccc2SC[C@@H](C(N)=O)NC1=O. The second kappa shape index (κ2) is 23.4. The maximum absolute atomic E-state index is 14.6. The highest BCUT2D eigenvalue weighted by Crippen LogP contribution is 2.28. The number of hydrogen-bond acceptors (Lipinski definition) is 12. The van der Waals surface area contributed by atoms with Crippen LogP contribution in [0, 0.1) is 10.1 Å². The lowest BCUT2D eigenvalue weighted by Crippen LogP contribution is -2.60. The fourth-order valence-electron chi connectivity index (χ4n) is 7.42. The molecule has 2 aromatic heterocycles. The van der Waals surface area contributed by atoms with Gasteiger partial charge in [-0.05, 0) is 43.0 Å². The van der Waals surface area contributed by atoms with Gasteiger partial charge >= 0.3 is 0 Å². The molecule has 14 N–H and O–H groups in total. The largest absolute Gasteiger partial charge is 0.370 e. The van der Waals surface area contributed by atoms with E-state index >= 15 is 0 Å². The summed E-state index contributed by atoms with van der Waals surface area (Å²) in [6, 6.07) is 11.1. The molecule has 1 aliphatic heterocycles. The number of nitro benzene ring substituents is 1. The van der Waals surface area contributed by atoms with Crippen molar-refractivity contribution in [2.45, 2.75) is 80.2 Å². The van der Waals surface area contributed by atoms with E-state index in [0.717, 1.165) is 34.8 Å². The van der Waals surface area contributed by atoms with Crippen molar-refractivity contribution in [2.75, 3.05) is 12.3 Å². The van der Waals surface area contributed by atoms with E-state index in [9.17, 15) is 43.7 Å². The van der Waals surface area contributed by atoms with Crippen molar-refractivity contribution in [3.05, 3.63) is 124 Å².